The van der Waals surface area contributed by atoms with Crippen LogP contribution >= 0.6 is 0 Å². The molecular formula is C37H54N2. The highest BCUT2D eigenvalue weighted by Crippen LogP contribution is 2.40. The third-order valence-corrected chi connectivity index (χ3v) is 10.5. The molecule has 212 valence electrons. The largest absolute Gasteiger partial charge is 0.371 e. The summed E-state index contributed by atoms with van der Waals surface area (Å²) in [6.07, 6.45) is 17.2. The zero-order valence-corrected chi connectivity index (χ0v) is 25.3. The van der Waals surface area contributed by atoms with Gasteiger partial charge in [0.25, 0.3) is 0 Å². The number of aryl methyl sites for hydroxylation is 2. The Balaban J connectivity index is 1.30. The van der Waals surface area contributed by atoms with Crippen LogP contribution in [0.4, 0.5) is 11.4 Å². The van der Waals surface area contributed by atoms with Crippen LogP contribution < -0.4 is 9.80 Å². The summed E-state index contributed by atoms with van der Waals surface area (Å²) in [5.74, 6) is 2.97. The van der Waals surface area contributed by atoms with Gasteiger partial charge in [-0.15, -0.1) is 0 Å². The molecule has 2 nitrogen and oxygen atoms in total. The van der Waals surface area contributed by atoms with E-state index in [0.29, 0.717) is 5.92 Å². The Morgan fingerprint density at radius 2 is 1.67 bits per heavy atom. The lowest BCUT2D eigenvalue weighted by atomic mass is 9.77. The standard InChI is InChI=1S/C37H54N2/c1-5-30-12-11-23-38(26-30)36-15-10-16-37(25-36)39(29(4)33-13-8-7-9-14-33)27-31-17-19-34(20-18-31)35-22-21-32(6-2)28(3)24-35/h10,15-16,21-22,24-25,30-31,33-34H,4-9,11-14,17-20,23,26-27H2,1-3H3. The molecule has 1 saturated heterocycles. The minimum atomic E-state index is 0.651. The van der Waals surface area contributed by atoms with Crippen molar-refractivity contribution in [2.45, 2.75) is 110 Å². The van der Waals surface area contributed by atoms with Gasteiger partial charge in [-0.3, -0.25) is 0 Å². The molecule has 5 rings (SSSR count). The summed E-state index contributed by atoms with van der Waals surface area (Å²) in [7, 11) is 0. The molecule has 2 heteroatoms. The molecule has 0 bridgehead atoms. The van der Waals surface area contributed by atoms with Gasteiger partial charge in [0.05, 0.1) is 0 Å². The lowest BCUT2D eigenvalue weighted by Crippen LogP contribution is -2.36. The van der Waals surface area contributed by atoms with Gasteiger partial charge in [-0.1, -0.05) is 70.4 Å². The topological polar surface area (TPSA) is 6.48 Å². The number of hydrogen-bond acceptors (Lipinski definition) is 2. The fraction of sp³-hybridized carbons (Fsp3) is 0.622. The number of nitrogens with zero attached hydrogens (tertiary/aromatic N) is 2. The van der Waals surface area contributed by atoms with Crippen molar-refractivity contribution in [1.82, 2.24) is 0 Å². The number of hydrogen-bond donors (Lipinski definition) is 0. The molecule has 3 fully saturated rings. The van der Waals surface area contributed by atoms with Gasteiger partial charge in [0.2, 0.25) is 0 Å². The van der Waals surface area contributed by atoms with E-state index >= 15 is 0 Å². The molecular weight excluding hydrogens is 472 g/mol. The molecule has 0 N–H and O–H groups in total. The number of benzene rings is 2. The molecule has 0 spiro atoms. The van der Waals surface area contributed by atoms with E-state index in [1.807, 2.05) is 0 Å². The summed E-state index contributed by atoms with van der Waals surface area (Å²) in [4.78, 5) is 5.33. The van der Waals surface area contributed by atoms with E-state index in [1.54, 1.807) is 5.56 Å². The van der Waals surface area contributed by atoms with E-state index in [2.05, 4.69) is 73.0 Å². The van der Waals surface area contributed by atoms with E-state index in [4.69, 9.17) is 6.58 Å². The lowest BCUT2D eigenvalue weighted by molar-refractivity contribution is 0.323. The van der Waals surface area contributed by atoms with Gasteiger partial charge in [-0.05, 0) is 123 Å². The molecule has 2 aromatic rings. The summed E-state index contributed by atoms with van der Waals surface area (Å²) >= 11 is 0. The molecule has 1 heterocycles. The van der Waals surface area contributed by atoms with Crippen molar-refractivity contribution in [2.24, 2.45) is 17.8 Å². The SMILES string of the molecule is C=C(C1CCCCC1)N(CC1CCC(c2ccc(CC)c(C)c2)CC1)c1cccc(N2CCCC(CC)C2)c1. The van der Waals surface area contributed by atoms with Crippen LogP contribution in [0.15, 0.2) is 54.7 Å². The zero-order chi connectivity index (χ0) is 27.2. The van der Waals surface area contributed by atoms with Crippen LogP contribution in [0.2, 0.25) is 0 Å². The van der Waals surface area contributed by atoms with Crippen LogP contribution in [0, 0.1) is 24.7 Å². The monoisotopic (exact) mass is 526 g/mol. The van der Waals surface area contributed by atoms with Gasteiger partial charge in [-0.2, -0.15) is 0 Å². The summed E-state index contributed by atoms with van der Waals surface area (Å²) in [6, 6.07) is 16.8. The van der Waals surface area contributed by atoms with E-state index < -0.39 is 0 Å². The maximum atomic E-state index is 4.79. The van der Waals surface area contributed by atoms with Crippen LogP contribution in [0.3, 0.4) is 0 Å². The maximum absolute atomic E-state index is 4.79. The Morgan fingerprint density at radius 3 is 2.38 bits per heavy atom. The van der Waals surface area contributed by atoms with Crippen LogP contribution in [-0.4, -0.2) is 19.6 Å². The highest BCUT2D eigenvalue weighted by molar-refractivity contribution is 5.62. The van der Waals surface area contributed by atoms with Crippen LogP contribution in [0.25, 0.3) is 0 Å². The van der Waals surface area contributed by atoms with E-state index in [-0.39, 0.29) is 0 Å². The molecule has 1 atom stereocenters. The molecule has 3 aliphatic rings. The average Bonchev–Trinajstić information content (AvgIpc) is 3.00. The Labute approximate surface area is 239 Å². The van der Waals surface area contributed by atoms with Gasteiger partial charge < -0.3 is 9.80 Å². The molecule has 2 aliphatic carbocycles. The third kappa shape index (κ3) is 6.93. The van der Waals surface area contributed by atoms with Gasteiger partial charge in [-0.25, -0.2) is 0 Å². The number of piperidine rings is 1. The van der Waals surface area contributed by atoms with Crippen molar-refractivity contribution in [1.29, 1.82) is 0 Å². The second-order valence-corrected chi connectivity index (χ2v) is 13.1. The molecule has 0 radical (unpaired) electrons. The van der Waals surface area contributed by atoms with Gasteiger partial charge in [0, 0.05) is 36.7 Å². The predicted molar refractivity (Wildman–Crippen MR) is 170 cm³/mol. The summed E-state index contributed by atoms with van der Waals surface area (Å²) < 4.78 is 0. The smallest absolute Gasteiger partial charge is 0.0429 e. The Kier molecular flexibility index (Phi) is 9.75. The van der Waals surface area contributed by atoms with Gasteiger partial charge in [0.1, 0.15) is 0 Å². The minimum Gasteiger partial charge on any atom is -0.371 e. The molecule has 2 saturated carbocycles. The molecule has 1 aliphatic heterocycles. The first-order valence-corrected chi connectivity index (χ1v) is 16.5. The summed E-state index contributed by atoms with van der Waals surface area (Å²) in [5.41, 5.74) is 8.75. The molecule has 39 heavy (non-hydrogen) atoms. The highest BCUT2D eigenvalue weighted by atomic mass is 15.2. The molecule has 0 aromatic heterocycles. The maximum Gasteiger partial charge on any atom is 0.0429 e. The quantitative estimate of drug-likeness (QED) is 0.321. The lowest BCUT2D eigenvalue weighted by Gasteiger charge is -2.39. The normalized spacial score (nSPS) is 24.5. The first kappa shape index (κ1) is 28.3. The number of anilines is 2. The van der Waals surface area contributed by atoms with Gasteiger partial charge in [0.15, 0.2) is 0 Å². The van der Waals surface area contributed by atoms with Crippen molar-refractivity contribution < 1.29 is 0 Å². The first-order valence-electron chi connectivity index (χ1n) is 16.5. The summed E-state index contributed by atoms with van der Waals surface area (Å²) in [5, 5.41) is 0. The van der Waals surface area contributed by atoms with E-state index in [9.17, 15) is 0 Å². The van der Waals surface area contributed by atoms with Crippen molar-refractivity contribution in [3.8, 4) is 0 Å². The molecule has 0 amide bonds. The van der Waals surface area contributed by atoms with Crippen molar-refractivity contribution in [2.75, 3.05) is 29.4 Å². The van der Waals surface area contributed by atoms with Gasteiger partial charge >= 0.3 is 0 Å². The number of allylic oxidation sites excluding steroid dienone is 1. The second kappa shape index (κ2) is 13.4. The van der Waals surface area contributed by atoms with Crippen molar-refractivity contribution >= 4 is 11.4 Å². The Hall–Kier alpha value is -2.22. The zero-order valence-electron chi connectivity index (χ0n) is 25.3. The average molecular weight is 527 g/mol. The fourth-order valence-electron chi connectivity index (χ4n) is 7.84. The van der Waals surface area contributed by atoms with Crippen molar-refractivity contribution in [3.63, 3.8) is 0 Å². The predicted octanol–water partition coefficient (Wildman–Crippen LogP) is 10.1. The van der Waals surface area contributed by atoms with Crippen molar-refractivity contribution in [3.05, 3.63) is 71.4 Å². The second-order valence-electron chi connectivity index (χ2n) is 13.1. The van der Waals surface area contributed by atoms with E-state index in [0.717, 1.165) is 30.7 Å². The third-order valence-electron chi connectivity index (χ3n) is 10.5. The first-order chi connectivity index (χ1) is 19.1. The fourth-order valence-corrected chi connectivity index (χ4v) is 7.84. The Morgan fingerprint density at radius 1 is 0.872 bits per heavy atom. The summed E-state index contributed by atoms with van der Waals surface area (Å²) in [6.45, 7) is 15.3. The molecule has 1 unspecified atom stereocenters. The molecule has 2 aromatic carbocycles. The van der Waals surface area contributed by atoms with Crippen LogP contribution in [0.5, 0.6) is 0 Å². The minimum absolute atomic E-state index is 0.651. The van der Waals surface area contributed by atoms with Crippen LogP contribution in [-0.2, 0) is 6.42 Å². The van der Waals surface area contributed by atoms with E-state index in [1.165, 1.54) is 118 Å². The van der Waals surface area contributed by atoms with Crippen LogP contribution in [0.1, 0.15) is 114 Å². The Bertz CT molecular complexity index is 1070. The number of rotatable bonds is 9. The highest BCUT2D eigenvalue weighted by Gasteiger charge is 2.28.